The molecule has 0 radical (unpaired) electrons. The summed E-state index contributed by atoms with van der Waals surface area (Å²) in [6.07, 6.45) is 10.1. The van der Waals surface area contributed by atoms with Crippen molar-refractivity contribution in [1.29, 1.82) is 0 Å². The number of nitrogens with zero attached hydrogens (tertiary/aromatic N) is 1. The summed E-state index contributed by atoms with van der Waals surface area (Å²) in [6, 6.07) is 9.78. The molecule has 0 N–H and O–H groups in total. The monoisotopic (exact) mass is 319 g/mol. The van der Waals surface area contributed by atoms with Gasteiger partial charge in [0.2, 0.25) is 0 Å². The van der Waals surface area contributed by atoms with Gasteiger partial charge in [-0.25, -0.2) is 0 Å². The van der Waals surface area contributed by atoms with Gasteiger partial charge in [-0.3, -0.25) is 4.79 Å². The minimum absolute atomic E-state index is 0.158. The van der Waals surface area contributed by atoms with E-state index < -0.39 is 0 Å². The zero-order valence-electron chi connectivity index (χ0n) is 14.2. The van der Waals surface area contributed by atoms with Gasteiger partial charge in [-0.1, -0.05) is 80.9 Å². The van der Waals surface area contributed by atoms with Crippen LogP contribution in [-0.2, 0) is 21.0 Å². The molecule has 4 nitrogen and oxygen atoms in total. The lowest BCUT2D eigenvalue weighted by Gasteiger charge is -2.03. The summed E-state index contributed by atoms with van der Waals surface area (Å²) in [5.74, 6) is -0.247. The van der Waals surface area contributed by atoms with Crippen molar-refractivity contribution in [2.24, 2.45) is 5.16 Å². The average molecular weight is 319 g/mol. The Kier molecular flexibility index (Phi) is 11.5. The number of hydrogen-bond acceptors (Lipinski definition) is 4. The van der Waals surface area contributed by atoms with Crippen molar-refractivity contribution in [2.75, 3.05) is 6.61 Å². The van der Waals surface area contributed by atoms with Gasteiger partial charge in [0.25, 0.3) is 0 Å². The van der Waals surface area contributed by atoms with Crippen LogP contribution in [-0.4, -0.2) is 18.8 Å². The summed E-state index contributed by atoms with van der Waals surface area (Å²) in [6.45, 7) is 3.13. The maximum Gasteiger partial charge on any atom is 0.311 e. The van der Waals surface area contributed by atoms with Gasteiger partial charge in [-0.05, 0) is 12.0 Å². The fraction of sp³-hybridized carbons (Fsp3) is 0.579. The number of benzene rings is 1. The topological polar surface area (TPSA) is 47.9 Å². The summed E-state index contributed by atoms with van der Waals surface area (Å²) in [7, 11) is 0. The summed E-state index contributed by atoms with van der Waals surface area (Å²) < 4.78 is 5.15. The van der Waals surface area contributed by atoms with E-state index >= 15 is 0 Å². The molecule has 0 spiro atoms. The summed E-state index contributed by atoms with van der Waals surface area (Å²) in [5, 5.41) is 3.77. The molecule has 1 aromatic rings. The predicted octanol–water partition coefficient (Wildman–Crippen LogP) is 4.87. The number of carbonyl (C=O) groups excluding carboxylic acids is 1. The maximum absolute atomic E-state index is 11.5. The number of unbranched alkanes of at least 4 members (excludes halogenated alkanes) is 6. The highest BCUT2D eigenvalue weighted by molar-refractivity contribution is 5.85. The molecule has 0 heterocycles. The molecule has 1 rings (SSSR count). The largest absolute Gasteiger partial charge is 0.465 e. The Bertz CT molecular complexity index is 432. The van der Waals surface area contributed by atoms with Crippen molar-refractivity contribution >= 4 is 12.2 Å². The van der Waals surface area contributed by atoms with Crippen LogP contribution in [0.5, 0.6) is 0 Å². The first-order valence-corrected chi connectivity index (χ1v) is 8.66. The van der Waals surface area contributed by atoms with Gasteiger partial charge >= 0.3 is 5.97 Å². The number of oxime groups is 1. The first kappa shape index (κ1) is 19.2. The lowest BCUT2D eigenvalue weighted by atomic mass is 10.1. The Morgan fingerprint density at radius 1 is 1.04 bits per heavy atom. The molecule has 128 valence electrons. The summed E-state index contributed by atoms with van der Waals surface area (Å²) >= 11 is 0. The van der Waals surface area contributed by atoms with Gasteiger partial charge in [0.15, 0.2) is 0 Å². The number of ether oxygens (including phenoxy) is 1. The molecule has 0 saturated heterocycles. The highest BCUT2D eigenvalue weighted by atomic mass is 16.6. The number of rotatable bonds is 13. The molecule has 0 atom stereocenters. The van der Waals surface area contributed by atoms with Crippen LogP contribution in [0.1, 0.15) is 63.9 Å². The normalized spacial score (nSPS) is 10.8. The third-order valence-corrected chi connectivity index (χ3v) is 3.49. The van der Waals surface area contributed by atoms with E-state index in [-0.39, 0.29) is 12.4 Å². The number of carbonyl (C=O) groups is 1. The standard InChI is InChI=1S/C19H29NO3/c1-2-3-4-5-6-7-11-16-22-19(21)14-15-20-23-17-18-12-9-8-10-13-18/h8-10,12-13,15H,2-7,11,14,16-17H2,1H3/b20-15+. The molecule has 0 aliphatic rings. The second-order valence-electron chi connectivity index (χ2n) is 5.59. The van der Waals surface area contributed by atoms with Gasteiger partial charge < -0.3 is 9.57 Å². The van der Waals surface area contributed by atoms with Crippen molar-refractivity contribution in [3.63, 3.8) is 0 Å². The van der Waals surface area contributed by atoms with Crippen molar-refractivity contribution in [3.05, 3.63) is 35.9 Å². The minimum Gasteiger partial charge on any atom is -0.465 e. The van der Waals surface area contributed by atoms with E-state index in [4.69, 9.17) is 9.57 Å². The first-order valence-electron chi connectivity index (χ1n) is 8.66. The van der Waals surface area contributed by atoms with E-state index in [1.165, 1.54) is 38.3 Å². The summed E-state index contributed by atoms with van der Waals surface area (Å²) in [5.41, 5.74) is 1.05. The zero-order chi connectivity index (χ0) is 16.6. The van der Waals surface area contributed by atoms with E-state index in [2.05, 4.69) is 12.1 Å². The third kappa shape index (κ3) is 11.4. The molecular formula is C19H29NO3. The van der Waals surface area contributed by atoms with Gasteiger partial charge in [0.05, 0.1) is 19.2 Å². The van der Waals surface area contributed by atoms with E-state index in [0.717, 1.165) is 18.4 Å². The van der Waals surface area contributed by atoms with E-state index in [1.807, 2.05) is 30.3 Å². The molecular weight excluding hydrogens is 290 g/mol. The van der Waals surface area contributed by atoms with Crippen LogP contribution in [0.3, 0.4) is 0 Å². The van der Waals surface area contributed by atoms with Crippen LogP contribution in [0.25, 0.3) is 0 Å². The molecule has 0 amide bonds. The molecule has 23 heavy (non-hydrogen) atoms. The lowest BCUT2D eigenvalue weighted by Crippen LogP contribution is -2.06. The number of hydrogen-bond donors (Lipinski definition) is 0. The molecule has 1 aromatic carbocycles. The molecule has 0 aliphatic carbocycles. The Hall–Kier alpha value is -1.84. The Balaban J connectivity index is 1.92. The van der Waals surface area contributed by atoms with Gasteiger partial charge in [0, 0.05) is 0 Å². The molecule has 0 aromatic heterocycles. The van der Waals surface area contributed by atoms with Gasteiger partial charge in [-0.2, -0.15) is 0 Å². The van der Waals surface area contributed by atoms with Crippen molar-refractivity contribution in [1.82, 2.24) is 0 Å². The average Bonchev–Trinajstić information content (AvgIpc) is 2.58. The van der Waals surface area contributed by atoms with E-state index in [9.17, 15) is 4.79 Å². The van der Waals surface area contributed by atoms with Crippen LogP contribution in [0, 0.1) is 0 Å². The smallest absolute Gasteiger partial charge is 0.311 e. The first-order chi connectivity index (χ1) is 11.3. The highest BCUT2D eigenvalue weighted by Gasteiger charge is 2.00. The fourth-order valence-electron chi connectivity index (χ4n) is 2.15. The molecule has 0 fully saturated rings. The molecule has 0 aliphatic heterocycles. The lowest BCUT2D eigenvalue weighted by molar-refractivity contribution is -0.142. The number of esters is 1. The Labute approximate surface area is 139 Å². The Morgan fingerprint density at radius 3 is 2.48 bits per heavy atom. The van der Waals surface area contributed by atoms with E-state index in [0.29, 0.717) is 13.2 Å². The van der Waals surface area contributed by atoms with Crippen LogP contribution in [0.15, 0.2) is 35.5 Å². The summed E-state index contributed by atoms with van der Waals surface area (Å²) in [4.78, 5) is 16.6. The zero-order valence-corrected chi connectivity index (χ0v) is 14.2. The third-order valence-electron chi connectivity index (χ3n) is 3.49. The fourth-order valence-corrected chi connectivity index (χ4v) is 2.15. The maximum atomic E-state index is 11.5. The Morgan fingerprint density at radius 2 is 1.74 bits per heavy atom. The second kappa shape index (κ2) is 13.8. The SMILES string of the molecule is CCCCCCCCCOC(=O)C/C=N/OCc1ccccc1. The van der Waals surface area contributed by atoms with Crippen molar-refractivity contribution in [3.8, 4) is 0 Å². The minimum atomic E-state index is -0.247. The van der Waals surface area contributed by atoms with Gasteiger partial charge in [0.1, 0.15) is 6.61 Å². The van der Waals surface area contributed by atoms with E-state index in [1.54, 1.807) is 0 Å². The van der Waals surface area contributed by atoms with Crippen molar-refractivity contribution in [2.45, 2.75) is 64.9 Å². The molecule has 0 bridgehead atoms. The van der Waals surface area contributed by atoms with Crippen LogP contribution in [0.2, 0.25) is 0 Å². The molecule has 0 saturated carbocycles. The van der Waals surface area contributed by atoms with Crippen LogP contribution in [0.4, 0.5) is 0 Å². The van der Waals surface area contributed by atoms with Crippen LogP contribution >= 0.6 is 0 Å². The predicted molar refractivity (Wildman–Crippen MR) is 93.3 cm³/mol. The van der Waals surface area contributed by atoms with Crippen molar-refractivity contribution < 1.29 is 14.4 Å². The van der Waals surface area contributed by atoms with Gasteiger partial charge in [-0.15, -0.1) is 0 Å². The quantitative estimate of drug-likeness (QED) is 0.225. The van der Waals surface area contributed by atoms with Crippen LogP contribution < -0.4 is 0 Å². The highest BCUT2D eigenvalue weighted by Crippen LogP contribution is 2.07. The molecule has 0 unspecified atom stereocenters. The molecule has 4 heteroatoms. The second-order valence-corrected chi connectivity index (χ2v) is 5.59.